The summed E-state index contributed by atoms with van der Waals surface area (Å²) < 4.78 is 13.2. The lowest BCUT2D eigenvalue weighted by Crippen LogP contribution is -2.38. The maximum absolute atomic E-state index is 13.2. The van der Waals surface area contributed by atoms with Crippen molar-refractivity contribution in [2.45, 2.75) is 37.8 Å². The SMILES string of the molecule is O=C(CC(O)c1cccc(F)c1)NC(Cc1ccccc1)C1CC1. The van der Waals surface area contributed by atoms with Crippen LogP contribution in [0.1, 0.15) is 36.5 Å². The number of aliphatic hydroxyl groups is 1. The predicted molar refractivity (Wildman–Crippen MR) is 90.8 cm³/mol. The summed E-state index contributed by atoms with van der Waals surface area (Å²) >= 11 is 0. The molecule has 0 aromatic heterocycles. The second kappa shape index (κ2) is 7.58. The summed E-state index contributed by atoms with van der Waals surface area (Å²) in [5.74, 6) is -0.0908. The van der Waals surface area contributed by atoms with Crippen LogP contribution < -0.4 is 5.32 Å². The molecule has 0 radical (unpaired) electrons. The molecule has 2 N–H and O–H groups in total. The van der Waals surface area contributed by atoms with Gasteiger partial charge in [-0.05, 0) is 48.4 Å². The molecule has 0 saturated heterocycles. The number of hydrogen-bond donors (Lipinski definition) is 2. The molecule has 1 amide bonds. The fourth-order valence-corrected chi connectivity index (χ4v) is 2.98. The maximum Gasteiger partial charge on any atom is 0.223 e. The van der Waals surface area contributed by atoms with Crippen LogP contribution in [0.4, 0.5) is 4.39 Å². The molecule has 2 aromatic carbocycles. The van der Waals surface area contributed by atoms with Crippen LogP contribution in [0, 0.1) is 11.7 Å². The van der Waals surface area contributed by atoms with E-state index < -0.39 is 11.9 Å². The molecular formula is C20H22FNO2. The highest BCUT2D eigenvalue weighted by Crippen LogP contribution is 2.34. The first kappa shape index (κ1) is 16.7. The zero-order valence-corrected chi connectivity index (χ0v) is 13.5. The van der Waals surface area contributed by atoms with E-state index in [2.05, 4.69) is 17.4 Å². The maximum atomic E-state index is 13.2. The van der Waals surface area contributed by atoms with Crippen molar-refractivity contribution >= 4 is 5.91 Å². The van der Waals surface area contributed by atoms with E-state index in [4.69, 9.17) is 0 Å². The molecule has 0 heterocycles. The third-order valence-electron chi connectivity index (χ3n) is 4.45. The molecule has 1 saturated carbocycles. The smallest absolute Gasteiger partial charge is 0.223 e. The number of carbonyl (C=O) groups is 1. The third-order valence-corrected chi connectivity index (χ3v) is 4.45. The summed E-state index contributed by atoms with van der Waals surface area (Å²) in [6, 6.07) is 15.9. The summed E-state index contributed by atoms with van der Waals surface area (Å²) in [6.07, 6.45) is 2.01. The summed E-state index contributed by atoms with van der Waals surface area (Å²) in [4.78, 5) is 12.3. The van der Waals surface area contributed by atoms with Crippen molar-refractivity contribution in [3.8, 4) is 0 Å². The number of amides is 1. The summed E-state index contributed by atoms with van der Waals surface area (Å²) in [5, 5.41) is 13.2. The normalized spacial score (nSPS) is 16.4. The van der Waals surface area contributed by atoms with E-state index in [1.54, 1.807) is 6.07 Å². The van der Waals surface area contributed by atoms with Crippen molar-refractivity contribution in [3.63, 3.8) is 0 Å². The molecule has 1 aliphatic carbocycles. The monoisotopic (exact) mass is 327 g/mol. The lowest BCUT2D eigenvalue weighted by atomic mass is 10.0. The molecule has 0 spiro atoms. The van der Waals surface area contributed by atoms with Crippen LogP contribution in [0.2, 0.25) is 0 Å². The topological polar surface area (TPSA) is 49.3 Å². The standard InChI is InChI=1S/C20H22FNO2/c21-17-8-4-7-16(12-17)19(23)13-20(24)22-18(15-9-10-15)11-14-5-2-1-3-6-14/h1-8,12,15,18-19,23H,9-11,13H2,(H,22,24). The van der Waals surface area contributed by atoms with Gasteiger partial charge in [-0.25, -0.2) is 4.39 Å². The Morgan fingerprint density at radius 2 is 1.92 bits per heavy atom. The molecule has 2 atom stereocenters. The molecule has 0 bridgehead atoms. The number of aliphatic hydroxyl groups excluding tert-OH is 1. The fraction of sp³-hybridized carbons (Fsp3) is 0.350. The van der Waals surface area contributed by atoms with Crippen molar-refractivity contribution in [2.24, 2.45) is 5.92 Å². The molecule has 1 aliphatic rings. The van der Waals surface area contributed by atoms with E-state index in [9.17, 15) is 14.3 Å². The van der Waals surface area contributed by atoms with Crippen LogP contribution in [-0.4, -0.2) is 17.1 Å². The average molecular weight is 327 g/mol. The van der Waals surface area contributed by atoms with E-state index in [1.165, 1.54) is 23.8 Å². The predicted octanol–water partition coefficient (Wildman–Crippen LogP) is 3.39. The molecule has 3 rings (SSSR count). The zero-order chi connectivity index (χ0) is 16.9. The fourth-order valence-electron chi connectivity index (χ4n) is 2.98. The molecular weight excluding hydrogens is 305 g/mol. The van der Waals surface area contributed by atoms with Gasteiger partial charge in [0.1, 0.15) is 5.82 Å². The van der Waals surface area contributed by atoms with Crippen molar-refractivity contribution < 1.29 is 14.3 Å². The number of carbonyl (C=O) groups excluding carboxylic acids is 1. The molecule has 2 unspecified atom stereocenters. The minimum atomic E-state index is -0.989. The molecule has 24 heavy (non-hydrogen) atoms. The van der Waals surface area contributed by atoms with Crippen LogP contribution in [0.25, 0.3) is 0 Å². The zero-order valence-electron chi connectivity index (χ0n) is 13.5. The van der Waals surface area contributed by atoms with Gasteiger partial charge in [0.2, 0.25) is 5.91 Å². The average Bonchev–Trinajstić information content (AvgIpc) is 3.40. The molecule has 4 heteroatoms. The van der Waals surface area contributed by atoms with Gasteiger partial charge in [-0.15, -0.1) is 0 Å². The Labute approximate surface area is 141 Å². The molecule has 0 aliphatic heterocycles. The number of rotatable bonds is 7. The highest BCUT2D eigenvalue weighted by Gasteiger charge is 2.32. The Kier molecular flexibility index (Phi) is 5.26. The summed E-state index contributed by atoms with van der Waals surface area (Å²) in [6.45, 7) is 0. The largest absolute Gasteiger partial charge is 0.388 e. The van der Waals surface area contributed by atoms with Gasteiger partial charge in [0.05, 0.1) is 12.5 Å². The van der Waals surface area contributed by atoms with Gasteiger partial charge in [0.15, 0.2) is 0 Å². The van der Waals surface area contributed by atoms with Crippen molar-refractivity contribution in [1.82, 2.24) is 5.32 Å². The second-order valence-electron chi connectivity index (χ2n) is 6.48. The van der Waals surface area contributed by atoms with Gasteiger partial charge >= 0.3 is 0 Å². The summed E-state index contributed by atoms with van der Waals surface area (Å²) in [5.41, 5.74) is 1.62. The number of halogens is 1. The van der Waals surface area contributed by atoms with Crippen molar-refractivity contribution in [1.29, 1.82) is 0 Å². The first-order valence-electron chi connectivity index (χ1n) is 8.38. The Morgan fingerprint density at radius 1 is 1.17 bits per heavy atom. The minimum absolute atomic E-state index is 0.0541. The quantitative estimate of drug-likeness (QED) is 0.819. The Morgan fingerprint density at radius 3 is 2.58 bits per heavy atom. The van der Waals surface area contributed by atoms with Gasteiger partial charge < -0.3 is 10.4 Å². The molecule has 3 nitrogen and oxygen atoms in total. The van der Waals surface area contributed by atoms with E-state index >= 15 is 0 Å². The highest BCUT2D eigenvalue weighted by atomic mass is 19.1. The van der Waals surface area contributed by atoms with Gasteiger partial charge in [-0.1, -0.05) is 42.5 Å². The van der Waals surface area contributed by atoms with Gasteiger partial charge in [0.25, 0.3) is 0 Å². The van der Waals surface area contributed by atoms with Crippen molar-refractivity contribution in [3.05, 3.63) is 71.5 Å². The van der Waals surface area contributed by atoms with E-state index in [-0.39, 0.29) is 18.4 Å². The van der Waals surface area contributed by atoms with E-state index in [0.29, 0.717) is 11.5 Å². The summed E-state index contributed by atoms with van der Waals surface area (Å²) in [7, 11) is 0. The van der Waals surface area contributed by atoms with Gasteiger partial charge in [-0.3, -0.25) is 4.79 Å². The first-order valence-corrected chi connectivity index (χ1v) is 8.38. The Hall–Kier alpha value is -2.20. The molecule has 126 valence electrons. The van der Waals surface area contributed by atoms with Crippen LogP contribution in [0.15, 0.2) is 54.6 Å². The lowest BCUT2D eigenvalue weighted by molar-refractivity contribution is -0.123. The van der Waals surface area contributed by atoms with Crippen molar-refractivity contribution in [2.75, 3.05) is 0 Å². The number of benzene rings is 2. The number of nitrogens with one attached hydrogen (secondary N) is 1. The highest BCUT2D eigenvalue weighted by molar-refractivity contribution is 5.77. The van der Waals surface area contributed by atoms with Gasteiger partial charge in [0, 0.05) is 6.04 Å². The first-order chi connectivity index (χ1) is 11.6. The Balaban J connectivity index is 1.57. The van der Waals surface area contributed by atoms with Crippen LogP contribution in [0.3, 0.4) is 0 Å². The van der Waals surface area contributed by atoms with Crippen LogP contribution >= 0.6 is 0 Å². The van der Waals surface area contributed by atoms with E-state index in [1.807, 2.05) is 18.2 Å². The molecule has 2 aromatic rings. The molecule has 1 fully saturated rings. The number of hydrogen-bond acceptors (Lipinski definition) is 2. The minimum Gasteiger partial charge on any atom is -0.388 e. The van der Waals surface area contributed by atoms with Crippen LogP contribution in [-0.2, 0) is 11.2 Å². The Bertz CT molecular complexity index is 685. The third kappa shape index (κ3) is 4.65. The lowest BCUT2D eigenvalue weighted by Gasteiger charge is -2.20. The van der Waals surface area contributed by atoms with Gasteiger partial charge in [-0.2, -0.15) is 0 Å². The van der Waals surface area contributed by atoms with Crippen LogP contribution in [0.5, 0.6) is 0 Å². The van der Waals surface area contributed by atoms with E-state index in [0.717, 1.165) is 19.3 Å². The second-order valence-corrected chi connectivity index (χ2v) is 6.48.